The molecule has 0 saturated carbocycles. The van der Waals surface area contributed by atoms with E-state index in [1.54, 1.807) is 14.2 Å². The van der Waals surface area contributed by atoms with Crippen LogP contribution in [-0.4, -0.2) is 52.3 Å². The molecule has 1 unspecified atom stereocenters. The molecule has 7 heteroatoms. The SMILES string of the molecule is CCCC(=O)N1CCc2cc(OC)c(OCCc3ccc(OC)c(N)c3)cc2C1c1ccc(N(C)C)cc1C. The lowest BCUT2D eigenvalue weighted by molar-refractivity contribution is -0.133. The van der Waals surface area contributed by atoms with Crippen LogP contribution in [0.3, 0.4) is 0 Å². The van der Waals surface area contributed by atoms with Crippen LogP contribution < -0.4 is 24.8 Å². The summed E-state index contributed by atoms with van der Waals surface area (Å²) in [5, 5.41) is 0. The van der Waals surface area contributed by atoms with Gasteiger partial charge in [-0.25, -0.2) is 0 Å². The summed E-state index contributed by atoms with van der Waals surface area (Å²) < 4.78 is 17.3. The van der Waals surface area contributed by atoms with Crippen molar-refractivity contribution in [3.63, 3.8) is 0 Å². The van der Waals surface area contributed by atoms with Crippen LogP contribution >= 0.6 is 0 Å². The number of benzene rings is 3. The second-order valence-electron chi connectivity index (χ2n) is 10.3. The summed E-state index contributed by atoms with van der Waals surface area (Å²) in [5.74, 6) is 2.22. The quantitative estimate of drug-likeness (QED) is 0.346. The molecule has 0 aromatic heterocycles. The highest BCUT2D eigenvalue weighted by Gasteiger charge is 2.34. The maximum absolute atomic E-state index is 13.3. The van der Waals surface area contributed by atoms with E-state index in [9.17, 15) is 4.79 Å². The Hall–Kier alpha value is -3.87. The maximum atomic E-state index is 13.3. The molecule has 0 radical (unpaired) electrons. The molecule has 3 aromatic carbocycles. The Bertz CT molecular complexity index is 1320. The summed E-state index contributed by atoms with van der Waals surface area (Å²) in [4.78, 5) is 17.5. The number of fused-ring (bicyclic) bond motifs is 1. The molecule has 1 aliphatic rings. The van der Waals surface area contributed by atoms with E-state index in [-0.39, 0.29) is 11.9 Å². The zero-order valence-electron chi connectivity index (χ0n) is 24.0. The predicted octanol–water partition coefficient (Wildman–Crippen LogP) is 5.56. The lowest BCUT2D eigenvalue weighted by atomic mass is 9.85. The Kier molecular flexibility index (Phi) is 8.90. The summed E-state index contributed by atoms with van der Waals surface area (Å²) >= 11 is 0. The van der Waals surface area contributed by atoms with Gasteiger partial charge in [-0.05, 0) is 84.0 Å². The first-order chi connectivity index (χ1) is 18.8. The first-order valence-corrected chi connectivity index (χ1v) is 13.6. The van der Waals surface area contributed by atoms with E-state index in [1.807, 2.05) is 37.2 Å². The normalized spacial score (nSPS) is 14.5. The summed E-state index contributed by atoms with van der Waals surface area (Å²) in [6, 6.07) is 16.2. The van der Waals surface area contributed by atoms with Crippen molar-refractivity contribution in [2.45, 2.75) is 45.6 Å². The minimum absolute atomic E-state index is 0.180. The van der Waals surface area contributed by atoms with Gasteiger partial charge in [-0.15, -0.1) is 0 Å². The van der Waals surface area contributed by atoms with Gasteiger partial charge in [0.25, 0.3) is 0 Å². The van der Waals surface area contributed by atoms with Crippen LogP contribution in [-0.2, 0) is 17.6 Å². The number of amides is 1. The van der Waals surface area contributed by atoms with Crippen molar-refractivity contribution >= 4 is 17.3 Å². The number of ether oxygens (including phenoxy) is 3. The minimum Gasteiger partial charge on any atom is -0.495 e. The average molecular weight is 532 g/mol. The van der Waals surface area contributed by atoms with Crippen LogP contribution in [0.1, 0.15) is 53.6 Å². The zero-order valence-corrected chi connectivity index (χ0v) is 24.0. The van der Waals surface area contributed by atoms with Gasteiger partial charge in [0.05, 0.1) is 32.6 Å². The molecular formula is C32H41N3O4. The van der Waals surface area contributed by atoms with Crippen molar-refractivity contribution in [3.05, 3.63) is 76.3 Å². The van der Waals surface area contributed by atoms with Crippen LogP contribution in [0, 0.1) is 6.92 Å². The minimum atomic E-state index is -0.182. The molecule has 39 heavy (non-hydrogen) atoms. The highest BCUT2D eigenvalue weighted by Crippen LogP contribution is 2.42. The third-order valence-corrected chi connectivity index (χ3v) is 7.44. The topological polar surface area (TPSA) is 77.3 Å². The second kappa shape index (κ2) is 12.3. The third-order valence-electron chi connectivity index (χ3n) is 7.44. The fraction of sp³-hybridized carbons (Fsp3) is 0.406. The summed E-state index contributed by atoms with van der Waals surface area (Å²) in [6.07, 6.45) is 2.81. The van der Waals surface area contributed by atoms with Gasteiger partial charge in [0.2, 0.25) is 5.91 Å². The summed E-state index contributed by atoms with van der Waals surface area (Å²) in [6.45, 7) is 5.31. The third kappa shape index (κ3) is 6.08. The lowest BCUT2D eigenvalue weighted by Crippen LogP contribution is -2.40. The van der Waals surface area contributed by atoms with Gasteiger partial charge in [-0.3, -0.25) is 4.79 Å². The van der Waals surface area contributed by atoms with Gasteiger partial charge in [0.15, 0.2) is 11.5 Å². The maximum Gasteiger partial charge on any atom is 0.223 e. The van der Waals surface area contributed by atoms with Crippen molar-refractivity contribution in [1.82, 2.24) is 4.90 Å². The number of nitrogens with two attached hydrogens (primary N) is 1. The molecule has 1 heterocycles. The lowest BCUT2D eigenvalue weighted by Gasteiger charge is -2.39. The first-order valence-electron chi connectivity index (χ1n) is 13.6. The van der Waals surface area contributed by atoms with Crippen LogP contribution in [0.5, 0.6) is 17.2 Å². The number of hydrogen-bond donors (Lipinski definition) is 1. The number of carbonyl (C=O) groups excluding carboxylic acids is 1. The van der Waals surface area contributed by atoms with E-state index >= 15 is 0 Å². The monoisotopic (exact) mass is 531 g/mol. The highest BCUT2D eigenvalue weighted by molar-refractivity contribution is 5.78. The van der Waals surface area contributed by atoms with Crippen LogP contribution in [0.15, 0.2) is 48.5 Å². The predicted molar refractivity (Wildman–Crippen MR) is 157 cm³/mol. The van der Waals surface area contributed by atoms with Crippen molar-refractivity contribution in [2.24, 2.45) is 0 Å². The van der Waals surface area contributed by atoms with Crippen molar-refractivity contribution < 1.29 is 19.0 Å². The van der Waals surface area contributed by atoms with E-state index in [1.165, 1.54) is 5.56 Å². The Morgan fingerprint density at radius 2 is 1.77 bits per heavy atom. The average Bonchev–Trinajstić information content (AvgIpc) is 2.92. The van der Waals surface area contributed by atoms with Crippen LogP contribution in [0.2, 0.25) is 0 Å². The smallest absolute Gasteiger partial charge is 0.223 e. The standard InChI is InChI=1S/C32H41N3O4/c1-7-8-31(36)35-15-13-23-19-29(38-6)30(39-16-14-22-9-12-28(37-5)27(33)18-22)20-26(23)32(35)25-11-10-24(34(3)4)17-21(25)2/h9-12,17-20,32H,7-8,13-16,33H2,1-6H3. The van der Waals surface area contributed by atoms with E-state index in [4.69, 9.17) is 19.9 Å². The molecule has 3 aromatic rings. The van der Waals surface area contributed by atoms with Gasteiger partial charge >= 0.3 is 0 Å². The van der Waals surface area contributed by atoms with Gasteiger partial charge in [-0.1, -0.05) is 19.1 Å². The summed E-state index contributed by atoms with van der Waals surface area (Å²) in [7, 11) is 7.36. The molecule has 208 valence electrons. The number of anilines is 2. The fourth-order valence-electron chi connectivity index (χ4n) is 5.32. The molecule has 1 aliphatic heterocycles. The molecule has 0 spiro atoms. The van der Waals surface area contributed by atoms with Gasteiger partial charge in [0, 0.05) is 39.2 Å². The van der Waals surface area contributed by atoms with E-state index in [0.717, 1.165) is 40.8 Å². The number of carbonyl (C=O) groups is 1. The number of hydrogen-bond acceptors (Lipinski definition) is 6. The van der Waals surface area contributed by atoms with Gasteiger partial charge < -0.3 is 29.7 Å². The first kappa shape index (κ1) is 28.1. The Balaban J connectivity index is 1.69. The van der Waals surface area contributed by atoms with E-state index in [2.05, 4.69) is 49.1 Å². The number of aryl methyl sites for hydroxylation is 1. The molecule has 1 atom stereocenters. The number of rotatable bonds is 10. The number of nitrogens with zero attached hydrogens (tertiary/aromatic N) is 2. The molecule has 2 N–H and O–H groups in total. The van der Waals surface area contributed by atoms with Crippen LogP contribution in [0.4, 0.5) is 11.4 Å². The fourth-order valence-corrected chi connectivity index (χ4v) is 5.32. The molecular weight excluding hydrogens is 490 g/mol. The second-order valence-corrected chi connectivity index (χ2v) is 10.3. The van der Waals surface area contributed by atoms with Crippen LogP contribution in [0.25, 0.3) is 0 Å². The molecule has 0 fully saturated rings. The van der Waals surface area contributed by atoms with Gasteiger partial charge in [0.1, 0.15) is 5.75 Å². The summed E-state index contributed by atoms with van der Waals surface area (Å²) in [5.41, 5.74) is 13.5. The molecule has 1 amide bonds. The van der Waals surface area contributed by atoms with Gasteiger partial charge in [-0.2, -0.15) is 0 Å². The molecule has 0 aliphatic carbocycles. The highest BCUT2D eigenvalue weighted by atomic mass is 16.5. The van der Waals surface area contributed by atoms with Crippen molar-refractivity contribution in [1.29, 1.82) is 0 Å². The van der Waals surface area contributed by atoms with E-state index in [0.29, 0.717) is 48.9 Å². The molecule has 7 nitrogen and oxygen atoms in total. The van der Waals surface area contributed by atoms with E-state index < -0.39 is 0 Å². The molecule has 0 bridgehead atoms. The largest absolute Gasteiger partial charge is 0.495 e. The zero-order chi connectivity index (χ0) is 28.1. The Labute approximate surface area is 232 Å². The molecule has 0 saturated heterocycles. The number of methoxy groups -OCH3 is 2. The molecule has 4 rings (SSSR count). The van der Waals surface area contributed by atoms with Crippen molar-refractivity contribution in [3.8, 4) is 17.2 Å². The van der Waals surface area contributed by atoms with Crippen molar-refractivity contribution in [2.75, 3.05) is 52.1 Å². The number of nitrogen functional groups attached to an aromatic ring is 1. The Morgan fingerprint density at radius 3 is 2.41 bits per heavy atom. The Morgan fingerprint density at radius 1 is 1.00 bits per heavy atom.